The van der Waals surface area contributed by atoms with E-state index >= 15 is 0 Å². The van der Waals surface area contributed by atoms with Crippen LogP contribution < -0.4 is 0 Å². The number of nitriles is 1. The molecule has 0 N–H and O–H groups in total. The smallest absolute Gasteiger partial charge is 0.229 e. The van der Waals surface area contributed by atoms with Crippen molar-refractivity contribution >= 4 is 0 Å². The van der Waals surface area contributed by atoms with Crippen molar-refractivity contribution in [1.82, 2.24) is 0 Å². The van der Waals surface area contributed by atoms with Crippen molar-refractivity contribution in [2.45, 2.75) is 6.42 Å². The van der Waals surface area contributed by atoms with Crippen molar-refractivity contribution in [2.24, 2.45) is 0 Å². The van der Waals surface area contributed by atoms with Crippen LogP contribution in [0.1, 0.15) is 6.42 Å². The highest BCUT2D eigenvalue weighted by Gasteiger charge is 2.02. The van der Waals surface area contributed by atoms with Gasteiger partial charge >= 0.3 is 0 Å². The largest absolute Gasteiger partial charge is 0.462 e. The lowest BCUT2D eigenvalue weighted by Crippen LogP contribution is -1.82. The molecule has 0 radical (unpaired) electrons. The predicted octanol–water partition coefficient (Wildman–Crippen LogP) is 0.746. The van der Waals surface area contributed by atoms with Crippen LogP contribution in [-0.2, 0) is 9.47 Å². The van der Waals surface area contributed by atoms with Crippen LogP contribution in [0.3, 0.4) is 0 Å². The highest BCUT2D eigenvalue weighted by atomic mass is 16.7. The number of ether oxygens (including phenoxy) is 2. The summed E-state index contributed by atoms with van der Waals surface area (Å²) in [4.78, 5) is 0. The minimum Gasteiger partial charge on any atom is -0.462 e. The Morgan fingerprint density at radius 2 is 2.75 bits per heavy atom. The number of rotatable bonds is 1. The van der Waals surface area contributed by atoms with Crippen LogP contribution in [0, 0.1) is 11.3 Å². The summed E-state index contributed by atoms with van der Waals surface area (Å²) in [5.74, 6) is 0.618. The van der Waals surface area contributed by atoms with Crippen molar-refractivity contribution in [2.75, 3.05) is 6.79 Å². The van der Waals surface area contributed by atoms with Crippen molar-refractivity contribution in [3.8, 4) is 6.07 Å². The highest BCUT2D eigenvalue weighted by molar-refractivity contribution is 4.98. The zero-order valence-electron chi connectivity index (χ0n) is 4.26. The Hall–Kier alpha value is -1.17. The Bertz CT molecular complexity index is 145. The normalized spacial score (nSPS) is 15.6. The molecule has 0 fully saturated rings. The fourth-order valence-corrected chi connectivity index (χ4v) is 0.441. The lowest BCUT2D eigenvalue weighted by atomic mass is 10.4. The second-order valence-corrected chi connectivity index (χ2v) is 1.35. The maximum absolute atomic E-state index is 8.10. The molecule has 3 heteroatoms. The summed E-state index contributed by atoms with van der Waals surface area (Å²) >= 11 is 0. The monoisotopic (exact) mass is 111 g/mol. The molecule has 0 aromatic carbocycles. The second kappa shape index (κ2) is 2.22. The minimum atomic E-state index is 0.261. The van der Waals surface area contributed by atoms with E-state index in [9.17, 15) is 0 Å². The van der Waals surface area contributed by atoms with Crippen LogP contribution in [0.15, 0.2) is 12.0 Å². The minimum absolute atomic E-state index is 0.261. The topological polar surface area (TPSA) is 42.2 Å². The van der Waals surface area contributed by atoms with Crippen LogP contribution in [0.4, 0.5) is 0 Å². The van der Waals surface area contributed by atoms with Gasteiger partial charge in [-0.25, -0.2) is 0 Å². The number of allylic oxidation sites excluding steroid dienone is 1. The third-order valence-corrected chi connectivity index (χ3v) is 0.780. The van der Waals surface area contributed by atoms with Gasteiger partial charge in [0.25, 0.3) is 0 Å². The fourth-order valence-electron chi connectivity index (χ4n) is 0.441. The van der Waals surface area contributed by atoms with E-state index in [1.54, 1.807) is 0 Å². The average molecular weight is 111 g/mol. The first-order chi connectivity index (χ1) is 3.93. The molecule has 0 bridgehead atoms. The van der Waals surface area contributed by atoms with Crippen LogP contribution in [0.2, 0.25) is 0 Å². The third-order valence-electron chi connectivity index (χ3n) is 0.780. The molecule has 0 spiro atoms. The van der Waals surface area contributed by atoms with Crippen LogP contribution in [-0.4, -0.2) is 6.79 Å². The molecule has 0 unspecified atom stereocenters. The molecule has 8 heavy (non-hydrogen) atoms. The van der Waals surface area contributed by atoms with Crippen LogP contribution in [0.25, 0.3) is 0 Å². The lowest BCUT2D eigenvalue weighted by molar-refractivity contribution is 0.0796. The molecule has 0 aromatic heterocycles. The van der Waals surface area contributed by atoms with E-state index in [1.165, 1.54) is 6.26 Å². The summed E-state index contributed by atoms with van der Waals surface area (Å²) in [6.45, 7) is 0.261. The van der Waals surface area contributed by atoms with E-state index in [4.69, 9.17) is 10.00 Å². The van der Waals surface area contributed by atoms with Crippen LogP contribution >= 0.6 is 0 Å². The molecular formula is C5H5NO2. The number of hydrogen-bond donors (Lipinski definition) is 0. The van der Waals surface area contributed by atoms with E-state index < -0.39 is 0 Å². The van der Waals surface area contributed by atoms with Gasteiger partial charge < -0.3 is 9.47 Å². The van der Waals surface area contributed by atoms with E-state index in [1.807, 2.05) is 6.07 Å². The molecule has 1 aliphatic rings. The van der Waals surface area contributed by atoms with E-state index in [2.05, 4.69) is 4.74 Å². The summed E-state index contributed by atoms with van der Waals surface area (Å²) in [5, 5.41) is 8.10. The molecule has 1 heterocycles. The predicted molar refractivity (Wildman–Crippen MR) is 25.3 cm³/mol. The van der Waals surface area contributed by atoms with Gasteiger partial charge in [-0.1, -0.05) is 0 Å². The fraction of sp³-hybridized carbons (Fsp3) is 0.400. The van der Waals surface area contributed by atoms with Gasteiger partial charge in [0.2, 0.25) is 6.79 Å². The van der Waals surface area contributed by atoms with Gasteiger partial charge in [-0.3, -0.25) is 0 Å². The number of hydrogen-bond acceptors (Lipinski definition) is 3. The standard InChI is InChI=1S/C5H5NO2/c6-2-1-5-3-7-4-8-5/h3H,1,4H2. The quantitative estimate of drug-likeness (QED) is 0.501. The first-order valence-corrected chi connectivity index (χ1v) is 2.24. The maximum Gasteiger partial charge on any atom is 0.229 e. The van der Waals surface area contributed by atoms with Gasteiger partial charge in [0, 0.05) is 0 Å². The molecule has 0 amide bonds. The zero-order valence-corrected chi connectivity index (χ0v) is 4.26. The highest BCUT2D eigenvalue weighted by Crippen LogP contribution is 2.08. The molecule has 1 rings (SSSR count). The van der Waals surface area contributed by atoms with Gasteiger partial charge in [0.15, 0.2) is 0 Å². The summed E-state index contributed by atoms with van der Waals surface area (Å²) in [6, 6.07) is 1.94. The molecule has 1 aliphatic heterocycles. The summed E-state index contributed by atoms with van der Waals surface area (Å²) in [7, 11) is 0. The first-order valence-electron chi connectivity index (χ1n) is 2.24. The summed E-state index contributed by atoms with van der Waals surface area (Å²) < 4.78 is 9.48. The second-order valence-electron chi connectivity index (χ2n) is 1.35. The maximum atomic E-state index is 8.10. The Kier molecular flexibility index (Phi) is 1.38. The summed E-state index contributed by atoms with van der Waals surface area (Å²) in [5.41, 5.74) is 0. The van der Waals surface area contributed by atoms with Gasteiger partial charge in [0.05, 0.1) is 12.5 Å². The molecule has 0 atom stereocenters. The van der Waals surface area contributed by atoms with E-state index in [-0.39, 0.29) is 6.79 Å². The third kappa shape index (κ3) is 0.909. The first kappa shape index (κ1) is 4.98. The Morgan fingerprint density at radius 1 is 1.88 bits per heavy atom. The molecule has 0 aromatic rings. The van der Waals surface area contributed by atoms with Crippen molar-refractivity contribution in [3.05, 3.63) is 12.0 Å². The SMILES string of the molecule is N#CCC1=COCO1. The lowest BCUT2D eigenvalue weighted by Gasteiger charge is -1.90. The molecular weight excluding hydrogens is 106 g/mol. The average Bonchev–Trinajstić information content (AvgIpc) is 2.19. The molecule has 3 nitrogen and oxygen atoms in total. The molecule has 0 saturated carbocycles. The van der Waals surface area contributed by atoms with Gasteiger partial charge in [-0.05, 0) is 0 Å². The molecule has 0 saturated heterocycles. The summed E-state index contributed by atoms with van der Waals surface area (Å²) in [6.07, 6.45) is 1.77. The Balaban J connectivity index is 2.36. The molecule has 42 valence electrons. The van der Waals surface area contributed by atoms with E-state index in [0.29, 0.717) is 12.2 Å². The van der Waals surface area contributed by atoms with Crippen molar-refractivity contribution in [1.29, 1.82) is 5.26 Å². The number of nitrogens with zero attached hydrogens (tertiary/aromatic N) is 1. The van der Waals surface area contributed by atoms with Crippen molar-refractivity contribution in [3.63, 3.8) is 0 Å². The van der Waals surface area contributed by atoms with Crippen LogP contribution in [0.5, 0.6) is 0 Å². The van der Waals surface area contributed by atoms with Crippen molar-refractivity contribution < 1.29 is 9.47 Å². The Labute approximate surface area is 47.1 Å². The van der Waals surface area contributed by atoms with Gasteiger partial charge in [-0.15, -0.1) is 0 Å². The van der Waals surface area contributed by atoms with Gasteiger partial charge in [0.1, 0.15) is 12.0 Å². The molecule has 0 aliphatic carbocycles. The Morgan fingerprint density at radius 3 is 3.25 bits per heavy atom. The van der Waals surface area contributed by atoms with E-state index in [0.717, 1.165) is 0 Å². The zero-order chi connectivity index (χ0) is 5.82. The van der Waals surface area contributed by atoms with Gasteiger partial charge in [-0.2, -0.15) is 5.26 Å².